The summed E-state index contributed by atoms with van der Waals surface area (Å²) >= 11 is 5.93. The molecule has 10 heteroatoms. The Morgan fingerprint density at radius 3 is 2.34 bits per heavy atom. The molecule has 0 spiro atoms. The molecule has 1 amide bonds. The standard InChI is InChI=1S/C19H20ClF3N2O3S/c1-13(14-6-4-3-5-7-14)11-24-18(26)12-25(29(2,27)28)17-10-15(19(21,22)23)8-9-16(17)20/h3-10,13H,11-12H2,1-2H3,(H,24,26)/t13-/m1/s1. The number of alkyl halides is 3. The van der Waals surface area contributed by atoms with Gasteiger partial charge in [0.1, 0.15) is 6.54 Å². The number of hydrogen-bond donors (Lipinski definition) is 1. The molecule has 0 unspecified atom stereocenters. The molecule has 0 aromatic heterocycles. The zero-order chi connectivity index (χ0) is 21.8. The number of nitrogens with zero attached hydrogens (tertiary/aromatic N) is 1. The van der Waals surface area contributed by atoms with E-state index in [4.69, 9.17) is 11.6 Å². The first-order valence-electron chi connectivity index (χ1n) is 8.55. The summed E-state index contributed by atoms with van der Waals surface area (Å²) in [6.45, 7) is 1.42. The summed E-state index contributed by atoms with van der Waals surface area (Å²) in [5.41, 5.74) is -0.493. The molecule has 0 aliphatic heterocycles. The van der Waals surface area contributed by atoms with Gasteiger partial charge in [0.15, 0.2) is 0 Å². The van der Waals surface area contributed by atoms with E-state index >= 15 is 0 Å². The second-order valence-corrected chi connectivity index (χ2v) is 8.86. The van der Waals surface area contributed by atoms with E-state index < -0.39 is 39.9 Å². The van der Waals surface area contributed by atoms with E-state index in [1.165, 1.54) is 0 Å². The Morgan fingerprint density at radius 1 is 1.17 bits per heavy atom. The number of nitrogens with one attached hydrogen (secondary N) is 1. The number of carbonyl (C=O) groups excluding carboxylic acids is 1. The second-order valence-electron chi connectivity index (χ2n) is 6.55. The summed E-state index contributed by atoms with van der Waals surface area (Å²) in [4.78, 5) is 12.3. The lowest BCUT2D eigenvalue weighted by Gasteiger charge is -2.24. The lowest BCUT2D eigenvalue weighted by atomic mass is 10.0. The van der Waals surface area contributed by atoms with Gasteiger partial charge in [0.25, 0.3) is 0 Å². The second kappa shape index (κ2) is 9.04. The van der Waals surface area contributed by atoms with E-state index in [1.807, 2.05) is 37.3 Å². The summed E-state index contributed by atoms with van der Waals surface area (Å²) in [6, 6.07) is 11.7. The molecule has 1 atom stereocenters. The molecule has 0 fully saturated rings. The van der Waals surface area contributed by atoms with E-state index in [0.29, 0.717) is 10.4 Å². The molecule has 1 N–H and O–H groups in total. The van der Waals surface area contributed by atoms with Crippen LogP contribution in [0.15, 0.2) is 48.5 Å². The number of amides is 1. The molecule has 0 aliphatic carbocycles. The molecule has 0 aliphatic rings. The van der Waals surface area contributed by atoms with Crippen LogP contribution >= 0.6 is 11.6 Å². The van der Waals surface area contributed by atoms with Gasteiger partial charge in [0.05, 0.1) is 22.5 Å². The molecule has 29 heavy (non-hydrogen) atoms. The van der Waals surface area contributed by atoms with Gasteiger partial charge >= 0.3 is 6.18 Å². The van der Waals surface area contributed by atoms with Gasteiger partial charge in [-0.2, -0.15) is 13.2 Å². The van der Waals surface area contributed by atoms with Crippen molar-refractivity contribution < 1.29 is 26.4 Å². The number of halogens is 4. The first-order chi connectivity index (χ1) is 13.4. The normalized spacial score (nSPS) is 13.0. The topological polar surface area (TPSA) is 66.5 Å². The minimum atomic E-state index is -4.68. The lowest BCUT2D eigenvalue weighted by Crippen LogP contribution is -2.41. The molecule has 158 valence electrons. The molecule has 5 nitrogen and oxygen atoms in total. The van der Waals surface area contributed by atoms with Gasteiger partial charge in [-0.15, -0.1) is 0 Å². The van der Waals surface area contributed by atoms with Crippen molar-refractivity contribution in [3.8, 4) is 0 Å². The molecule has 0 radical (unpaired) electrons. The minimum Gasteiger partial charge on any atom is -0.354 e. The van der Waals surface area contributed by atoms with Crippen LogP contribution in [0.3, 0.4) is 0 Å². The van der Waals surface area contributed by atoms with E-state index in [9.17, 15) is 26.4 Å². The molecule has 2 aromatic rings. The van der Waals surface area contributed by atoms with Crippen LogP contribution in [0, 0.1) is 0 Å². The highest BCUT2D eigenvalue weighted by molar-refractivity contribution is 7.92. The predicted octanol–water partition coefficient (Wildman–Crippen LogP) is 4.04. The van der Waals surface area contributed by atoms with Crippen LogP contribution in [0.4, 0.5) is 18.9 Å². The monoisotopic (exact) mass is 448 g/mol. The van der Waals surface area contributed by atoms with Crippen molar-refractivity contribution in [1.82, 2.24) is 5.32 Å². The Balaban J connectivity index is 2.19. The van der Waals surface area contributed by atoms with Gasteiger partial charge in [-0.05, 0) is 29.7 Å². The molecule has 0 bridgehead atoms. The van der Waals surface area contributed by atoms with Crippen LogP contribution in [0.2, 0.25) is 5.02 Å². The van der Waals surface area contributed by atoms with E-state index in [0.717, 1.165) is 24.0 Å². The van der Waals surface area contributed by atoms with E-state index in [1.54, 1.807) is 0 Å². The van der Waals surface area contributed by atoms with Crippen LogP contribution in [0.25, 0.3) is 0 Å². The number of anilines is 1. The fourth-order valence-electron chi connectivity index (χ4n) is 2.61. The maximum Gasteiger partial charge on any atom is 0.416 e. The van der Waals surface area contributed by atoms with Crippen molar-refractivity contribution in [3.05, 3.63) is 64.7 Å². The van der Waals surface area contributed by atoms with Gasteiger partial charge in [-0.1, -0.05) is 48.9 Å². The van der Waals surface area contributed by atoms with Crippen molar-refractivity contribution in [2.45, 2.75) is 19.0 Å². The number of hydrogen-bond acceptors (Lipinski definition) is 3. The summed E-state index contributed by atoms with van der Waals surface area (Å²) in [6.07, 6.45) is -3.89. The molecule has 2 aromatic carbocycles. The largest absolute Gasteiger partial charge is 0.416 e. The number of benzene rings is 2. The van der Waals surface area contributed by atoms with E-state index in [-0.39, 0.29) is 17.5 Å². The molecule has 0 saturated heterocycles. The molecular weight excluding hydrogens is 429 g/mol. The van der Waals surface area contributed by atoms with Gasteiger partial charge in [0, 0.05) is 6.54 Å². The van der Waals surface area contributed by atoms with Gasteiger partial charge < -0.3 is 5.32 Å². The van der Waals surface area contributed by atoms with Gasteiger partial charge in [-0.25, -0.2) is 8.42 Å². The Hall–Kier alpha value is -2.26. The Kier molecular flexibility index (Phi) is 7.18. The van der Waals surface area contributed by atoms with Crippen LogP contribution in [-0.2, 0) is 21.0 Å². The van der Waals surface area contributed by atoms with Crippen LogP contribution < -0.4 is 9.62 Å². The SMILES string of the molecule is C[C@H](CNC(=O)CN(c1cc(C(F)(F)F)ccc1Cl)S(C)(=O)=O)c1ccccc1. The highest BCUT2D eigenvalue weighted by Crippen LogP contribution is 2.36. The van der Waals surface area contributed by atoms with Crippen LogP contribution in [0.1, 0.15) is 24.0 Å². The van der Waals surface area contributed by atoms with Gasteiger partial charge in [0.2, 0.25) is 15.9 Å². The average Bonchev–Trinajstić information content (AvgIpc) is 2.63. The molecule has 2 rings (SSSR count). The third-order valence-corrected chi connectivity index (χ3v) is 5.65. The number of carbonyl (C=O) groups is 1. The van der Waals surface area contributed by atoms with Crippen molar-refractivity contribution in [2.75, 3.05) is 23.7 Å². The average molecular weight is 449 g/mol. The van der Waals surface area contributed by atoms with Crippen LogP contribution in [0.5, 0.6) is 0 Å². The third kappa shape index (κ3) is 6.37. The predicted molar refractivity (Wildman–Crippen MR) is 107 cm³/mol. The minimum absolute atomic E-state index is 0.0380. The molecule has 0 heterocycles. The highest BCUT2D eigenvalue weighted by atomic mass is 35.5. The summed E-state index contributed by atoms with van der Waals surface area (Å²) in [5, 5.41) is 2.39. The fraction of sp³-hybridized carbons (Fsp3) is 0.316. The maximum atomic E-state index is 13.0. The smallest absolute Gasteiger partial charge is 0.354 e. The Morgan fingerprint density at radius 2 is 1.79 bits per heavy atom. The highest BCUT2D eigenvalue weighted by Gasteiger charge is 2.33. The van der Waals surface area contributed by atoms with Crippen molar-refractivity contribution >= 4 is 33.2 Å². The first-order valence-corrected chi connectivity index (χ1v) is 10.8. The quantitative estimate of drug-likeness (QED) is 0.695. The van der Waals surface area contributed by atoms with Crippen LogP contribution in [-0.4, -0.2) is 33.7 Å². The Labute approximate surface area is 172 Å². The maximum absolute atomic E-state index is 13.0. The first kappa shape index (κ1) is 23.0. The van der Waals surface area contributed by atoms with Crippen molar-refractivity contribution in [3.63, 3.8) is 0 Å². The molecule has 0 saturated carbocycles. The zero-order valence-corrected chi connectivity index (χ0v) is 17.3. The zero-order valence-electron chi connectivity index (χ0n) is 15.7. The summed E-state index contributed by atoms with van der Waals surface area (Å²) < 4.78 is 63.9. The molecular formula is C19H20ClF3N2O3S. The summed E-state index contributed by atoms with van der Waals surface area (Å²) in [7, 11) is -4.07. The lowest BCUT2D eigenvalue weighted by molar-refractivity contribution is -0.137. The third-order valence-electron chi connectivity index (χ3n) is 4.20. The number of rotatable bonds is 7. The number of sulfonamides is 1. The van der Waals surface area contributed by atoms with Crippen molar-refractivity contribution in [2.24, 2.45) is 0 Å². The Bertz CT molecular complexity index is 966. The summed E-state index contributed by atoms with van der Waals surface area (Å²) in [5.74, 6) is -0.698. The van der Waals surface area contributed by atoms with E-state index in [2.05, 4.69) is 5.32 Å². The fourth-order valence-corrected chi connectivity index (χ4v) is 3.74. The van der Waals surface area contributed by atoms with Crippen molar-refractivity contribution in [1.29, 1.82) is 0 Å². The van der Waals surface area contributed by atoms with Gasteiger partial charge in [-0.3, -0.25) is 9.10 Å².